The van der Waals surface area contributed by atoms with E-state index in [1.165, 1.54) is 0 Å². The number of aromatic nitrogens is 1. The molecule has 6 heteroatoms. The highest BCUT2D eigenvalue weighted by atomic mass is 35.5. The minimum atomic E-state index is -0.0886. The molecule has 0 spiro atoms. The lowest BCUT2D eigenvalue weighted by Gasteiger charge is -2.23. The lowest BCUT2D eigenvalue weighted by atomic mass is 10.2. The summed E-state index contributed by atoms with van der Waals surface area (Å²) in [4.78, 5) is 4.24. The van der Waals surface area contributed by atoms with Crippen molar-refractivity contribution in [2.24, 2.45) is 0 Å². The summed E-state index contributed by atoms with van der Waals surface area (Å²) in [5.74, 6) is 1.08. The van der Waals surface area contributed by atoms with Crippen LogP contribution >= 0.6 is 11.6 Å². The van der Waals surface area contributed by atoms with Gasteiger partial charge < -0.3 is 18.9 Å². The summed E-state index contributed by atoms with van der Waals surface area (Å²) in [5, 5.41) is 0.372. The van der Waals surface area contributed by atoms with Gasteiger partial charge in [-0.2, -0.15) is 0 Å². The molecule has 0 aliphatic carbocycles. The van der Waals surface area contributed by atoms with E-state index in [1.807, 2.05) is 37.3 Å². The molecule has 1 aromatic carbocycles. The van der Waals surface area contributed by atoms with Crippen LogP contribution in [0.5, 0.6) is 11.6 Å². The lowest BCUT2D eigenvalue weighted by Crippen LogP contribution is -2.33. The molecule has 5 nitrogen and oxygen atoms in total. The molecule has 1 atom stereocenters. The van der Waals surface area contributed by atoms with Crippen LogP contribution < -0.4 is 9.47 Å². The van der Waals surface area contributed by atoms with Gasteiger partial charge in [0.1, 0.15) is 30.2 Å². The second-order valence-electron chi connectivity index (χ2n) is 5.53. The minimum absolute atomic E-state index is 0.0886. The zero-order valence-electron chi connectivity index (χ0n) is 13.5. The van der Waals surface area contributed by atoms with Crippen LogP contribution in [0.4, 0.5) is 0 Å². The average molecular weight is 350 g/mol. The van der Waals surface area contributed by atoms with Crippen molar-refractivity contribution in [2.75, 3.05) is 26.4 Å². The smallest absolute Gasteiger partial charge is 0.218 e. The van der Waals surface area contributed by atoms with Gasteiger partial charge in [-0.25, -0.2) is 4.98 Å². The highest BCUT2D eigenvalue weighted by Gasteiger charge is 2.16. The molecule has 2 aromatic rings. The topological polar surface area (TPSA) is 49.8 Å². The van der Waals surface area contributed by atoms with E-state index in [9.17, 15) is 0 Å². The molecule has 1 aromatic heterocycles. The summed E-state index contributed by atoms with van der Waals surface area (Å²) in [6, 6.07) is 11.7. The van der Waals surface area contributed by atoms with E-state index in [4.69, 9.17) is 30.5 Å². The van der Waals surface area contributed by atoms with Crippen molar-refractivity contribution in [2.45, 2.75) is 19.6 Å². The van der Waals surface area contributed by atoms with Crippen molar-refractivity contribution >= 4 is 11.6 Å². The van der Waals surface area contributed by atoms with E-state index in [-0.39, 0.29) is 6.10 Å². The standard InChI is InChI=1S/C18H20ClNO4/c1-13-16(23-10-14-5-3-2-4-6-14)9-17(20-18(13)19)24-12-15-11-21-7-8-22-15/h2-6,9,15H,7-8,10-12H2,1H3. The number of hydrogen-bond acceptors (Lipinski definition) is 5. The van der Waals surface area contributed by atoms with Crippen LogP contribution in [0.1, 0.15) is 11.1 Å². The number of rotatable bonds is 6. The minimum Gasteiger partial charge on any atom is -0.488 e. The Balaban J connectivity index is 1.64. The van der Waals surface area contributed by atoms with Crippen molar-refractivity contribution in [3.63, 3.8) is 0 Å². The maximum absolute atomic E-state index is 6.20. The first-order chi connectivity index (χ1) is 11.7. The van der Waals surface area contributed by atoms with Crippen molar-refractivity contribution < 1.29 is 18.9 Å². The second kappa shape index (κ2) is 8.33. The van der Waals surface area contributed by atoms with Crippen LogP contribution in [0.15, 0.2) is 36.4 Å². The fourth-order valence-corrected chi connectivity index (χ4v) is 2.48. The van der Waals surface area contributed by atoms with E-state index in [1.54, 1.807) is 6.07 Å². The van der Waals surface area contributed by atoms with E-state index in [2.05, 4.69) is 4.98 Å². The van der Waals surface area contributed by atoms with Gasteiger partial charge in [-0.05, 0) is 12.5 Å². The Morgan fingerprint density at radius 1 is 1.21 bits per heavy atom. The number of nitrogens with zero attached hydrogens (tertiary/aromatic N) is 1. The molecule has 24 heavy (non-hydrogen) atoms. The Hall–Kier alpha value is -1.82. The van der Waals surface area contributed by atoms with E-state index in [0.717, 1.165) is 11.1 Å². The zero-order valence-corrected chi connectivity index (χ0v) is 14.3. The summed E-state index contributed by atoms with van der Waals surface area (Å²) in [6.07, 6.45) is -0.0886. The van der Waals surface area contributed by atoms with Gasteiger partial charge in [0, 0.05) is 11.6 Å². The number of hydrogen-bond donors (Lipinski definition) is 0. The van der Waals surface area contributed by atoms with E-state index < -0.39 is 0 Å². The van der Waals surface area contributed by atoms with Gasteiger partial charge in [0.2, 0.25) is 5.88 Å². The number of ether oxygens (including phenoxy) is 4. The van der Waals surface area contributed by atoms with Crippen LogP contribution in [-0.2, 0) is 16.1 Å². The number of pyridine rings is 1. The van der Waals surface area contributed by atoms with Crippen molar-refractivity contribution in [1.82, 2.24) is 4.98 Å². The predicted molar refractivity (Wildman–Crippen MR) is 90.8 cm³/mol. The van der Waals surface area contributed by atoms with E-state index >= 15 is 0 Å². The summed E-state index contributed by atoms with van der Waals surface area (Å²) < 4.78 is 22.5. The van der Waals surface area contributed by atoms with Crippen LogP contribution in [0.2, 0.25) is 5.15 Å². The Labute approximate surface area is 146 Å². The normalized spacial score (nSPS) is 17.5. The molecular weight excluding hydrogens is 330 g/mol. The summed E-state index contributed by atoms with van der Waals surface area (Å²) >= 11 is 6.20. The quantitative estimate of drug-likeness (QED) is 0.748. The van der Waals surface area contributed by atoms with Crippen LogP contribution in [-0.4, -0.2) is 37.5 Å². The first kappa shape index (κ1) is 17.0. The molecule has 0 N–H and O–H groups in total. The van der Waals surface area contributed by atoms with Gasteiger partial charge in [0.25, 0.3) is 0 Å². The third-order valence-electron chi connectivity index (χ3n) is 3.68. The van der Waals surface area contributed by atoms with Crippen LogP contribution in [0.3, 0.4) is 0 Å². The molecule has 1 aliphatic rings. The zero-order chi connectivity index (χ0) is 16.8. The Kier molecular flexibility index (Phi) is 5.91. The second-order valence-corrected chi connectivity index (χ2v) is 5.89. The third-order valence-corrected chi connectivity index (χ3v) is 4.05. The molecule has 0 saturated carbocycles. The largest absolute Gasteiger partial charge is 0.488 e. The molecule has 0 bridgehead atoms. The van der Waals surface area contributed by atoms with Gasteiger partial charge in [-0.15, -0.1) is 0 Å². The molecule has 1 unspecified atom stereocenters. The molecule has 1 aliphatic heterocycles. The molecule has 1 fully saturated rings. The Morgan fingerprint density at radius 2 is 2.04 bits per heavy atom. The van der Waals surface area contributed by atoms with Crippen LogP contribution in [0.25, 0.3) is 0 Å². The highest BCUT2D eigenvalue weighted by molar-refractivity contribution is 6.30. The van der Waals surface area contributed by atoms with Crippen LogP contribution in [0, 0.1) is 6.92 Å². The van der Waals surface area contributed by atoms with Gasteiger partial charge in [0.15, 0.2) is 0 Å². The number of benzene rings is 1. The van der Waals surface area contributed by atoms with Crippen molar-refractivity contribution in [3.05, 3.63) is 52.7 Å². The molecule has 128 valence electrons. The SMILES string of the molecule is Cc1c(OCc2ccccc2)cc(OCC2COCCO2)nc1Cl. The van der Waals surface area contributed by atoms with Crippen molar-refractivity contribution in [1.29, 1.82) is 0 Å². The Morgan fingerprint density at radius 3 is 2.79 bits per heavy atom. The highest BCUT2D eigenvalue weighted by Crippen LogP contribution is 2.29. The fourth-order valence-electron chi connectivity index (χ4n) is 2.31. The summed E-state index contributed by atoms with van der Waals surface area (Å²) in [6.45, 7) is 4.43. The maximum Gasteiger partial charge on any atom is 0.218 e. The molecule has 0 radical (unpaired) electrons. The van der Waals surface area contributed by atoms with Gasteiger partial charge >= 0.3 is 0 Å². The average Bonchev–Trinajstić information content (AvgIpc) is 2.63. The third kappa shape index (κ3) is 4.60. The maximum atomic E-state index is 6.20. The summed E-state index contributed by atoms with van der Waals surface area (Å²) in [7, 11) is 0. The van der Waals surface area contributed by atoms with Gasteiger partial charge in [0.05, 0.1) is 19.8 Å². The number of halogens is 1. The van der Waals surface area contributed by atoms with Gasteiger partial charge in [-0.3, -0.25) is 0 Å². The fraction of sp³-hybridized carbons (Fsp3) is 0.389. The predicted octanol–water partition coefficient (Wildman–Crippen LogP) is 3.42. The Bertz CT molecular complexity index is 660. The first-order valence-electron chi connectivity index (χ1n) is 7.88. The lowest BCUT2D eigenvalue weighted by molar-refractivity contribution is -0.102. The molecule has 0 amide bonds. The summed E-state index contributed by atoms with van der Waals surface area (Å²) in [5.41, 5.74) is 1.87. The van der Waals surface area contributed by atoms with E-state index in [0.29, 0.717) is 49.8 Å². The monoisotopic (exact) mass is 349 g/mol. The molecule has 1 saturated heterocycles. The van der Waals surface area contributed by atoms with Gasteiger partial charge in [-0.1, -0.05) is 41.9 Å². The molecule has 2 heterocycles. The first-order valence-corrected chi connectivity index (χ1v) is 8.26. The molecular formula is C18H20ClNO4. The molecule has 3 rings (SSSR count). The van der Waals surface area contributed by atoms with Crippen molar-refractivity contribution in [3.8, 4) is 11.6 Å².